The van der Waals surface area contributed by atoms with Crippen molar-refractivity contribution in [3.8, 4) is 0 Å². The van der Waals surface area contributed by atoms with E-state index in [2.05, 4.69) is 48.0 Å². The van der Waals surface area contributed by atoms with Gasteiger partial charge in [-0.15, -0.1) is 11.8 Å². The Morgan fingerprint density at radius 3 is 2.56 bits per heavy atom. The first-order valence-electron chi connectivity index (χ1n) is 6.49. The van der Waals surface area contributed by atoms with E-state index in [1.807, 2.05) is 11.8 Å². The van der Waals surface area contributed by atoms with E-state index in [-0.39, 0.29) is 0 Å². The van der Waals surface area contributed by atoms with E-state index in [1.165, 1.54) is 34.6 Å². The van der Waals surface area contributed by atoms with Crippen molar-refractivity contribution < 1.29 is 4.74 Å². The van der Waals surface area contributed by atoms with Gasteiger partial charge in [0.1, 0.15) is 0 Å². The van der Waals surface area contributed by atoms with Gasteiger partial charge in [0, 0.05) is 29.2 Å². The zero-order chi connectivity index (χ0) is 13.0. The molecule has 1 fully saturated rings. The summed E-state index contributed by atoms with van der Waals surface area (Å²) < 4.78 is 5.48. The van der Waals surface area contributed by atoms with Gasteiger partial charge in [-0.3, -0.25) is 0 Å². The van der Waals surface area contributed by atoms with Crippen LogP contribution in [0.1, 0.15) is 24.0 Å². The highest BCUT2D eigenvalue weighted by Gasteiger charge is 2.31. The van der Waals surface area contributed by atoms with Crippen LogP contribution in [0.5, 0.6) is 0 Å². The van der Waals surface area contributed by atoms with E-state index in [4.69, 9.17) is 4.74 Å². The molecule has 0 atom stereocenters. The van der Waals surface area contributed by atoms with Crippen molar-refractivity contribution in [2.24, 2.45) is 5.41 Å². The molecule has 2 rings (SSSR count). The van der Waals surface area contributed by atoms with Crippen molar-refractivity contribution >= 4 is 27.7 Å². The molecule has 1 aromatic rings. The van der Waals surface area contributed by atoms with Crippen LogP contribution < -0.4 is 0 Å². The van der Waals surface area contributed by atoms with Crippen LogP contribution in [-0.4, -0.2) is 24.3 Å². The molecular weight excluding hydrogens is 308 g/mol. The lowest BCUT2D eigenvalue weighted by atomic mass is 9.85. The molecule has 0 radical (unpaired) electrons. The molecule has 0 saturated carbocycles. The zero-order valence-corrected chi connectivity index (χ0v) is 13.6. The Kier molecular flexibility index (Phi) is 5.16. The first-order valence-corrected chi connectivity index (χ1v) is 8.60. The Balaban J connectivity index is 1.98. The third-order valence-electron chi connectivity index (χ3n) is 3.86. The minimum atomic E-state index is 0.418. The van der Waals surface area contributed by atoms with E-state index in [0.29, 0.717) is 5.41 Å². The second-order valence-corrected chi connectivity index (χ2v) is 6.89. The lowest BCUT2D eigenvalue weighted by Gasteiger charge is -2.35. The summed E-state index contributed by atoms with van der Waals surface area (Å²) in [4.78, 5) is 1.39. The number of thioether (sulfide) groups is 1. The standard InChI is InChI=1S/C15H21BrOS/c1-12-3-4-14(9-13(12)2)18-11-15(10-16)5-7-17-8-6-15/h3-4,9H,5-8,10-11H2,1-2H3. The number of aryl methyl sites for hydroxylation is 2. The van der Waals surface area contributed by atoms with Crippen LogP contribution >= 0.6 is 27.7 Å². The monoisotopic (exact) mass is 328 g/mol. The molecule has 3 heteroatoms. The molecule has 0 spiro atoms. The SMILES string of the molecule is Cc1ccc(SCC2(CBr)CCOCC2)cc1C. The molecule has 0 N–H and O–H groups in total. The highest BCUT2D eigenvalue weighted by Crippen LogP contribution is 2.38. The molecule has 0 aromatic heterocycles. The number of benzene rings is 1. The van der Waals surface area contributed by atoms with E-state index in [1.54, 1.807) is 0 Å². The fourth-order valence-electron chi connectivity index (χ4n) is 2.16. The first kappa shape index (κ1) is 14.4. The van der Waals surface area contributed by atoms with Crippen LogP contribution in [0.2, 0.25) is 0 Å². The van der Waals surface area contributed by atoms with Crippen LogP contribution in [-0.2, 0) is 4.74 Å². The topological polar surface area (TPSA) is 9.23 Å². The summed E-state index contributed by atoms with van der Waals surface area (Å²) in [6.45, 7) is 6.19. The van der Waals surface area contributed by atoms with Crippen LogP contribution in [0, 0.1) is 19.3 Å². The summed E-state index contributed by atoms with van der Waals surface area (Å²) >= 11 is 5.69. The van der Waals surface area contributed by atoms with Crippen molar-refractivity contribution in [1.82, 2.24) is 0 Å². The van der Waals surface area contributed by atoms with Gasteiger partial charge in [0.2, 0.25) is 0 Å². The molecular formula is C15H21BrOS. The van der Waals surface area contributed by atoms with Crippen LogP contribution in [0.4, 0.5) is 0 Å². The summed E-state index contributed by atoms with van der Waals surface area (Å²) in [6, 6.07) is 6.78. The summed E-state index contributed by atoms with van der Waals surface area (Å²) in [5.74, 6) is 1.18. The zero-order valence-electron chi connectivity index (χ0n) is 11.2. The van der Waals surface area contributed by atoms with Crippen molar-refractivity contribution in [3.05, 3.63) is 29.3 Å². The van der Waals surface area contributed by atoms with Gasteiger partial charge in [0.15, 0.2) is 0 Å². The van der Waals surface area contributed by atoms with E-state index < -0.39 is 0 Å². The molecule has 1 saturated heterocycles. The number of hydrogen-bond donors (Lipinski definition) is 0. The Morgan fingerprint density at radius 2 is 1.94 bits per heavy atom. The molecule has 1 aromatic carbocycles. The van der Waals surface area contributed by atoms with E-state index >= 15 is 0 Å². The van der Waals surface area contributed by atoms with E-state index in [9.17, 15) is 0 Å². The van der Waals surface area contributed by atoms with Crippen molar-refractivity contribution in [2.75, 3.05) is 24.3 Å². The van der Waals surface area contributed by atoms with Gasteiger partial charge in [-0.25, -0.2) is 0 Å². The molecule has 0 amide bonds. The maximum Gasteiger partial charge on any atom is 0.0471 e. The highest BCUT2D eigenvalue weighted by molar-refractivity contribution is 9.09. The van der Waals surface area contributed by atoms with Gasteiger partial charge in [-0.05, 0) is 55.4 Å². The fourth-order valence-corrected chi connectivity index (χ4v) is 4.47. The average molecular weight is 329 g/mol. The third-order valence-corrected chi connectivity index (χ3v) is 6.39. The molecule has 0 bridgehead atoms. The second kappa shape index (κ2) is 6.44. The predicted octanol–water partition coefficient (Wildman–Crippen LogP) is 4.59. The van der Waals surface area contributed by atoms with Gasteiger partial charge in [-0.2, -0.15) is 0 Å². The van der Waals surface area contributed by atoms with Gasteiger partial charge >= 0.3 is 0 Å². The minimum absolute atomic E-state index is 0.418. The Hall–Kier alpha value is 0.01000. The van der Waals surface area contributed by atoms with Crippen molar-refractivity contribution in [2.45, 2.75) is 31.6 Å². The quantitative estimate of drug-likeness (QED) is 0.590. The maximum absolute atomic E-state index is 5.48. The normalized spacial score (nSPS) is 18.8. The molecule has 0 unspecified atom stereocenters. The highest BCUT2D eigenvalue weighted by atomic mass is 79.9. The van der Waals surface area contributed by atoms with Gasteiger partial charge in [0.05, 0.1) is 0 Å². The van der Waals surface area contributed by atoms with Gasteiger partial charge in [-0.1, -0.05) is 22.0 Å². The van der Waals surface area contributed by atoms with Crippen molar-refractivity contribution in [3.63, 3.8) is 0 Å². The smallest absolute Gasteiger partial charge is 0.0471 e. The van der Waals surface area contributed by atoms with Crippen molar-refractivity contribution in [1.29, 1.82) is 0 Å². The Labute approximate surface area is 123 Å². The largest absolute Gasteiger partial charge is 0.381 e. The first-order chi connectivity index (χ1) is 8.65. The summed E-state index contributed by atoms with van der Waals surface area (Å²) in [5, 5.41) is 1.08. The molecule has 100 valence electrons. The van der Waals surface area contributed by atoms with E-state index in [0.717, 1.165) is 18.5 Å². The molecule has 1 aliphatic heterocycles. The van der Waals surface area contributed by atoms with Gasteiger partial charge in [0.25, 0.3) is 0 Å². The second-order valence-electron chi connectivity index (χ2n) is 5.28. The number of hydrogen-bond acceptors (Lipinski definition) is 2. The molecule has 1 aliphatic rings. The molecule has 1 heterocycles. The van der Waals surface area contributed by atoms with Gasteiger partial charge < -0.3 is 4.74 Å². The Morgan fingerprint density at radius 1 is 1.22 bits per heavy atom. The average Bonchev–Trinajstić information content (AvgIpc) is 2.41. The van der Waals surface area contributed by atoms with Crippen LogP contribution in [0.25, 0.3) is 0 Å². The molecule has 18 heavy (non-hydrogen) atoms. The Bertz CT molecular complexity index is 399. The number of rotatable bonds is 4. The minimum Gasteiger partial charge on any atom is -0.381 e. The van der Waals surface area contributed by atoms with Crippen LogP contribution in [0.3, 0.4) is 0 Å². The number of ether oxygens (including phenoxy) is 1. The summed E-state index contributed by atoms with van der Waals surface area (Å²) in [5.41, 5.74) is 3.18. The number of halogens is 1. The fraction of sp³-hybridized carbons (Fsp3) is 0.600. The lowest BCUT2D eigenvalue weighted by Crippen LogP contribution is -2.33. The van der Waals surface area contributed by atoms with Crippen LogP contribution in [0.15, 0.2) is 23.1 Å². The predicted molar refractivity (Wildman–Crippen MR) is 82.9 cm³/mol. The third kappa shape index (κ3) is 3.52. The maximum atomic E-state index is 5.48. The summed E-state index contributed by atoms with van der Waals surface area (Å²) in [7, 11) is 0. The molecule has 1 nitrogen and oxygen atoms in total. The lowest BCUT2D eigenvalue weighted by molar-refractivity contribution is 0.0374. The number of alkyl halides is 1. The molecule has 0 aliphatic carbocycles. The summed E-state index contributed by atoms with van der Waals surface area (Å²) in [6.07, 6.45) is 2.35.